The van der Waals surface area contributed by atoms with E-state index in [9.17, 15) is 9.18 Å². The number of carbonyl (C=O) groups excluding carboxylic acids is 1. The van der Waals surface area contributed by atoms with Crippen molar-refractivity contribution in [2.75, 3.05) is 32.7 Å². The fraction of sp³-hybridized carbons (Fsp3) is 0.619. The van der Waals surface area contributed by atoms with Crippen LogP contribution in [0.15, 0.2) is 29.3 Å². The van der Waals surface area contributed by atoms with Gasteiger partial charge in [-0.25, -0.2) is 4.39 Å². The van der Waals surface area contributed by atoms with Crippen molar-refractivity contribution in [3.8, 4) is 0 Å². The number of benzene rings is 1. The number of hydrogen-bond acceptors (Lipinski definition) is 2. The summed E-state index contributed by atoms with van der Waals surface area (Å²) in [6.45, 7) is 6.21. The van der Waals surface area contributed by atoms with Crippen LogP contribution in [0.2, 0.25) is 0 Å². The minimum absolute atomic E-state index is 0. The van der Waals surface area contributed by atoms with E-state index in [4.69, 9.17) is 4.99 Å². The molecule has 1 saturated heterocycles. The van der Waals surface area contributed by atoms with Crippen molar-refractivity contribution >= 4 is 35.8 Å². The van der Waals surface area contributed by atoms with E-state index in [0.29, 0.717) is 13.1 Å². The lowest BCUT2D eigenvalue weighted by molar-refractivity contribution is -0.120. The zero-order valence-electron chi connectivity index (χ0n) is 16.6. The lowest BCUT2D eigenvalue weighted by Gasteiger charge is -2.22. The zero-order chi connectivity index (χ0) is 19.1. The van der Waals surface area contributed by atoms with Crippen LogP contribution in [0.4, 0.5) is 4.39 Å². The van der Waals surface area contributed by atoms with E-state index >= 15 is 0 Å². The zero-order valence-corrected chi connectivity index (χ0v) is 19.0. The molecule has 156 valence electrons. The van der Waals surface area contributed by atoms with Crippen molar-refractivity contribution in [3.63, 3.8) is 0 Å². The summed E-state index contributed by atoms with van der Waals surface area (Å²) in [5.74, 6) is 2.26. The fourth-order valence-corrected chi connectivity index (χ4v) is 4.21. The number of fused-ring (bicyclic) bond motifs is 1. The van der Waals surface area contributed by atoms with E-state index in [-0.39, 0.29) is 42.1 Å². The first-order chi connectivity index (χ1) is 13.2. The number of nitrogens with zero attached hydrogens (tertiary/aromatic N) is 2. The van der Waals surface area contributed by atoms with E-state index < -0.39 is 0 Å². The van der Waals surface area contributed by atoms with Gasteiger partial charge in [0, 0.05) is 26.2 Å². The van der Waals surface area contributed by atoms with Crippen molar-refractivity contribution in [3.05, 3.63) is 35.6 Å². The average molecular weight is 502 g/mol. The highest BCUT2D eigenvalue weighted by Gasteiger charge is 2.35. The molecule has 1 amide bonds. The topological polar surface area (TPSA) is 56.7 Å². The molecule has 2 fully saturated rings. The molecule has 1 aliphatic heterocycles. The van der Waals surface area contributed by atoms with Gasteiger partial charge >= 0.3 is 0 Å². The van der Waals surface area contributed by atoms with Gasteiger partial charge < -0.3 is 15.5 Å². The second-order valence-electron chi connectivity index (χ2n) is 7.60. The van der Waals surface area contributed by atoms with Gasteiger partial charge in [-0.05, 0) is 49.3 Å². The summed E-state index contributed by atoms with van der Waals surface area (Å²) in [4.78, 5) is 19.1. The third-order valence-corrected chi connectivity index (χ3v) is 5.58. The number of nitrogens with one attached hydrogen (secondary N) is 2. The molecule has 1 aliphatic carbocycles. The molecule has 28 heavy (non-hydrogen) atoms. The number of hydrogen-bond donors (Lipinski definition) is 2. The third kappa shape index (κ3) is 6.60. The van der Waals surface area contributed by atoms with Gasteiger partial charge in [-0.2, -0.15) is 0 Å². The molecule has 7 heteroatoms. The van der Waals surface area contributed by atoms with E-state index in [0.717, 1.165) is 43.0 Å². The van der Waals surface area contributed by atoms with Gasteiger partial charge in [0.05, 0.1) is 13.0 Å². The molecule has 2 N–H and O–H groups in total. The highest BCUT2D eigenvalue weighted by Crippen LogP contribution is 2.35. The number of guanidine groups is 1. The first-order valence-electron chi connectivity index (χ1n) is 10.2. The molecular weight excluding hydrogens is 470 g/mol. The molecule has 2 unspecified atom stereocenters. The summed E-state index contributed by atoms with van der Waals surface area (Å²) in [5.41, 5.74) is 0.811. The monoisotopic (exact) mass is 502 g/mol. The van der Waals surface area contributed by atoms with Crippen LogP contribution in [0.5, 0.6) is 0 Å². The fourth-order valence-electron chi connectivity index (χ4n) is 4.21. The van der Waals surface area contributed by atoms with Gasteiger partial charge in [0.15, 0.2) is 5.96 Å². The van der Waals surface area contributed by atoms with Crippen molar-refractivity contribution in [2.24, 2.45) is 16.8 Å². The Balaban J connectivity index is 0.00000280. The Morgan fingerprint density at radius 2 is 1.79 bits per heavy atom. The summed E-state index contributed by atoms with van der Waals surface area (Å²) in [6, 6.07) is 6.04. The van der Waals surface area contributed by atoms with Crippen LogP contribution < -0.4 is 10.6 Å². The first kappa shape index (κ1) is 22.9. The molecule has 1 heterocycles. The van der Waals surface area contributed by atoms with Gasteiger partial charge in [0.25, 0.3) is 0 Å². The van der Waals surface area contributed by atoms with E-state index in [1.807, 2.05) is 0 Å². The minimum atomic E-state index is -0.286. The lowest BCUT2D eigenvalue weighted by Crippen LogP contribution is -2.41. The molecule has 0 aromatic heterocycles. The van der Waals surface area contributed by atoms with Crippen molar-refractivity contribution in [2.45, 2.75) is 39.0 Å². The van der Waals surface area contributed by atoms with Crippen LogP contribution in [-0.4, -0.2) is 49.5 Å². The Morgan fingerprint density at radius 1 is 1.14 bits per heavy atom. The van der Waals surface area contributed by atoms with Crippen LogP contribution in [0, 0.1) is 17.7 Å². The predicted molar refractivity (Wildman–Crippen MR) is 122 cm³/mol. The Bertz CT molecular complexity index is 638. The van der Waals surface area contributed by atoms with Gasteiger partial charge in [0.1, 0.15) is 5.82 Å². The van der Waals surface area contributed by atoms with Gasteiger partial charge in [-0.3, -0.25) is 9.79 Å². The number of carbonyl (C=O) groups is 1. The van der Waals surface area contributed by atoms with E-state index in [1.54, 1.807) is 12.1 Å². The van der Waals surface area contributed by atoms with Crippen LogP contribution >= 0.6 is 24.0 Å². The Morgan fingerprint density at radius 3 is 2.39 bits per heavy atom. The molecule has 2 aliphatic rings. The maximum absolute atomic E-state index is 12.9. The van der Waals surface area contributed by atoms with Gasteiger partial charge in [0.2, 0.25) is 5.91 Å². The number of halogens is 2. The predicted octanol–water partition coefficient (Wildman–Crippen LogP) is 3.19. The Hall–Kier alpha value is -1.38. The number of rotatable bonds is 6. The summed E-state index contributed by atoms with van der Waals surface area (Å²) >= 11 is 0. The normalized spacial score (nSPS) is 21.6. The molecule has 1 saturated carbocycles. The van der Waals surface area contributed by atoms with Crippen molar-refractivity contribution in [1.29, 1.82) is 0 Å². The summed E-state index contributed by atoms with van der Waals surface area (Å²) < 4.78 is 12.9. The molecular formula is C21H32FIN4O. The van der Waals surface area contributed by atoms with Gasteiger partial charge in [-0.15, -0.1) is 24.0 Å². The minimum Gasteiger partial charge on any atom is -0.357 e. The standard InChI is InChI=1S/C21H31FN4O.HI/c1-2-23-21(26-14-17-5-3-4-6-18(17)15-26)25-12-11-24-20(27)13-16-7-9-19(22)10-8-16;/h7-10,17-18H,2-6,11-15H2,1H3,(H,23,25)(H,24,27);1H. The van der Waals surface area contributed by atoms with Crippen LogP contribution in [0.1, 0.15) is 38.2 Å². The molecule has 3 rings (SSSR count). The van der Waals surface area contributed by atoms with E-state index in [1.165, 1.54) is 37.8 Å². The molecule has 0 spiro atoms. The quantitative estimate of drug-likeness (QED) is 0.272. The summed E-state index contributed by atoms with van der Waals surface area (Å²) in [6.07, 6.45) is 5.69. The molecule has 2 atom stereocenters. The molecule has 1 aromatic carbocycles. The third-order valence-electron chi connectivity index (χ3n) is 5.58. The van der Waals surface area contributed by atoms with Crippen molar-refractivity contribution < 1.29 is 9.18 Å². The summed E-state index contributed by atoms with van der Waals surface area (Å²) in [5, 5.41) is 6.29. The number of aliphatic imine (C=N–C) groups is 1. The maximum atomic E-state index is 12.9. The molecule has 1 aromatic rings. The Labute approximate surface area is 184 Å². The van der Waals surface area contributed by atoms with E-state index in [2.05, 4.69) is 22.5 Å². The Kier molecular flexibility index (Phi) is 9.47. The average Bonchev–Trinajstić information content (AvgIpc) is 3.10. The first-order valence-corrected chi connectivity index (χ1v) is 10.2. The van der Waals surface area contributed by atoms with Crippen LogP contribution in [0.25, 0.3) is 0 Å². The van der Waals surface area contributed by atoms with Crippen LogP contribution in [0.3, 0.4) is 0 Å². The highest BCUT2D eigenvalue weighted by atomic mass is 127. The second-order valence-corrected chi connectivity index (χ2v) is 7.60. The highest BCUT2D eigenvalue weighted by molar-refractivity contribution is 14.0. The lowest BCUT2D eigenvalue weighted by atomic mass is 9.82. The van der Waals surface area contributed by atoms with Crippen LogP contribution in [-0.2, 0) is 11.2 Å². The summed E-state index contributed by atoms with van der Waals surface area (Å²) in [7, 11) is 0. The number of amides is 1. The largest absolute Gasteiger partial charge is 0.357 e. The SMILES string of the molecule is CCNC(=NCCNC(=O)Cc1ccc(F)cc1)N1CC2CCCCC2C1.I. The number of likely N-dealkylation sites (tertiary alicyclic amines) is 1. The smallest absolute Gasteiger partial charge is 0.224 e. The second kappa shape index (κ2) is 11.6. The maximum Gasteiger partial charge on any atom is 0.224 e. The van der Waals surface area contributed by atoms with Gasteiger partial charge in [-0.1, -0.05) is 25.0 Å². The van der Waals surface area contributed by atoms with Crippen molar-refractivity contribution in [1.82, 2.24) is 15.5 Å². The molecule has 0 radical (unpaired) electrons. The molecule has 5 nitrogen and oxygen atoms in total. The molecule has 0 bridgehead atoms.